The smallest absolute Gasteiger partial charge is 0.307 e. The number of carbonyl (C=O) groups excluding carboxylic acids is 2. The predicted molar refractivity (Wildman–Crippen MR) is 84.8 cm³/mol. The zero-order chi connectivity index (χ0) is 16.7. The minimum Gasteiger partial charge on any atom is -0.481 e. The molecule has 0 saturated heterocycles. The van der Waals surface area contributed by atoms with Crippen LogP contribution in [0.5, 0.6) is 0 Å². The van der Waals surface area contributed by atoms with Gasteiger partial charge in [-0.25, -0.2) is 0 Å². The van der Waals surface area contributed by atoms with E-state index >= 15 is 0 Å². The van der Waals surface area contributed by atoms with Crippen LogP contribution < -0.4 is 10.9 Å². The summed E-state index contributed by atoms with van der Waals surface area (Å²) < 4.78 is 0. The number of amides is 2. The fourth-order valence-electron chi connectivity index (χ4n) is 3.52. The van der Waals surface area contributed by atoms with Crippen LogP contribution in [0.25, 0.3) is 0 Å². The number of carboxylic acid groups (broad SMARTS) is 1. The Labute approximate surface area is 137 Å². The third-order valence-corrected chi connectivity index (χ3v) is 5.89. The summed E-state index contributed by atoms with van der Waals surface area (Å²) in [6.45, 7) is 3.78. The Bertz CT molecular complexity index is 709. The van der Waals surface area contributed by atoms with E-state index in [1.165, 1.54) is 11.3 Å². The highest BCUT2D eigenvalue weighted by Crippen LogP contribution is 2.48. The molecule has 1 saturated carbocycles. The van der Waals surface area contributed by atoms with Crippen LogP contribution in [0.1, 0.15) is 27.2 Å². The number of hydrogen-bond acceptors (Lipinski definition) is 4. The lowest BCUT2D eigenvalue weighted by atomic mass is 9.82. The number of aliphatic carboxylic acids is 1. The second kappa shape index (κ2) is 5.81. The molecule has 23 heavy (non-hydrogen) atoms. The average Bonchev–Trinajstić information content (AvgIpc) is 3.20. The molecule has 1 fully saturated rings. The summed E-state index contributed by atoms with van der Waals surface area (Å²) in [7, 11) is 0. The fourth-order valence-corrected chi connectivity index (χ4v) is 4.39. The number of aryl methyl sites for hydroxylation is 1. The first-order valence-electron chi connectivity index (χ1n) is 7.46. The van der Waals surface area contributed by atoms with E-state index in [-0.39, 0.29) is 17.7 Å². The molecule has 2 aliphatic rings. The van der Waals surface area contributed by atoms with Crippen molar-refractivity contribution in [1.82, 2.24) is 10.9 Å². The summed E-state index contributed by atoms with van der Waals surface area (Å²) >= 11 is 1.47. The number of rotatable bonds is 3. The number of hydrogen-bond donors (Lipinski definition) is 3. The monoisotopic (exact) mass is 334 g/mol. The second-order valence-electron chi connectivity index (χ2n) is 6.11. The normalized spacial score (nSPS) is 27.9. The molecule has 2 aliphatic carbocycles. The maximum atomic E-state index is 12.4. The SMILES string of the molecule is Cc1scc(C(=O)NNC(=O)[C@@H]2[C@@H](C(=O)O)[C@H]3C=C[C@@H]2C3)c1C. The lowest BCUT2D eigenvalue weighted by Crippen LogP contribution is -2.48. The highest BCUT2D eigenvalue weighted by molar-refractivity contribution is 7.10. The summed E-state index contributed by atoms with van der Waals surface area (Å²) in [5.74, 6) is -3.29. The van der Waals surface area contributed by atoms with Gasteiger partial charge in [-0.2, -0.15) is 0 Å². The topological polar surface area (TPSA) is 95.5 Å². The summed E-state index contributed by atoms with van der Waals surface area (Å²) in [6.07, 6.45) is 4.47. The first-order chi connectivity index (χ1) is 10.9. The van der Waals surface area contributed by atoms with Gasteiger partial charge in [-0.3, -0.25) is 25.2 Å². The van der Waals surface area contributed by atoms with Gasteiger partial charge in [0.25, 0.3) is 5.91 Å². The number of hydrazine groups is 1. The summed E-state index contributed by atoms with van der Waals surface area (Å²) in [6, 6.07) is 0. The third-order valence-electron chi connectivity index (χ3n) is 4.88. The van der Waals surface area contributed by atoms with Crippen LogP contribution in [0.4, 0.5) is 0 Å². The molecule has 0 spiro atoms. The number of carbonyl (C=O) groups is 3. The van der Waals surface area contributed by atoms with Crippen molar-refractivity contribution in [2.24, 2.45) is 23.7 Å². The van der Waals surface area contributed by atoms with Gasteiger partial charge in [0, 0.05) is 10.3 Å². The first kappa shape index (κ1) is 15.7. The van der Waals surface area contributed by atoms with Gasteiger partial charge in [0.1, 0.15) is 0 Å². The number of carboxylic acids is 1. The first-order valence-corrected chi connectivity index (χ1v) is 8.34. The van der Waals surface area contributed by atoms with Gasteiger partial charge in [0.15, 0.2) is 0 Å². The van der Waals surface area contributed by atoms with Crippen molar-refractivity contribution in [2.75, 3.05) is 0 Å². The molecule has 2 amide bonds. The van der Waals surface area contributed by atoms with Gasteiger partial charge in [-0.1, -0.05) is 12.2 Å². The molecule has 7 heteroatoms. The summed E-state index contributed by atoms with van der Waals surface area (Å²) in [5, 5.41) is 11.1. The molecule has 2 bridgehead atoms. The maximum Gasteiger partial charge on any atom is 0.307 e. The molecule has 1 aromatic heterocycles. The summed E-state index contributed by atoms with van der Waals surface area (Å²) in [4.78, 5) is 36.9. The van der Waals surface area contributed by atoms with Crippen molar-refractivity contribution in [1.29, 1.82) is 0 Å². The van der Waals surface area contributed by atoms with Crippen molar-refractivity contribution in [3.05, 3.63) is 33.5 Å². The number of allylic oxidation sites excluding steroid dienone is 2. The molecule has 1 heterocycles. The van der Waals surface area contributed by atoms with Crippen molar-refractivity contribution < 1.29 is 19.5 Å². The molecule has 4 atom stereocenters. The molecule has 6 nitrogen and oxygen atoms in total. The zero-order valence-electron chi connectivity index (χ0n) is 12.8. The van der Waals surface area contributed by atoms with E-state index < -0.39 is 23.7 Å². The van der Waals surface area contributed by atoms with Gasteiger partial charge >= 0.3 is 5.97 Å². The Kier molecular flexibility index (Phi) is 3.97. The number of nitrogens with one attached hydrogen (secondary N) is 2. The zero-order valence-corrected chi connectivity index (χ0v) is 13.6. The van der Waals surface area contributed by atoms with Crippen molar-refractivity contribution in [3.63, 3.8) is 0 Å². The van der Waals surface area contributed by atoms with E-state index in [9.17, 15) is 19.5 Å². The molecule has 1 aromatic rings. The van der Waals surface area contributed by atoms with Gasteiger partial charge in [0.05, 0.1) is 17.4 Å². The van der Waals surface area contributed by atoms with Crippen LogP contribution in [0, 0.1) is 37.5 Å². The Morgan fingerprint density at radius 1 is 1.13 bits per heavy atom. The minimum atomic E-state index is -0.961. The Morgan fingerprint density at radius 2 is 1.78 bits per heavy atom. The number of fused-ring (bicyclic) bond motifs is 2. The van der Waals surface area contributed by atoms with E-state index in [2.05, 4.69) is 10.9 Å². The van der Waals surface area contributed by atoms with Crippen molar-refractivity contribution in [3.8, 4) is 0 Å². The van der Waals surface area contributed by atoms with Crippen LogP contribution in [0.3, 0.4) is 0 Å². The highest BCUT2D eigenvalue weighted by atomic mass is 32.1. The third kappa shape index (κ3) is 2.65. The summed E-state index contributed by atoms with van der Waals surface area (Å²) in [5.41, 5.74) is 6.20. The number of thiophene rings is 1. The van der Waals surface area contributed by atoms with Crippen LogP contribution in [-0.4, -0.2) is 22.9 Å². The molecule has 122 valence electrons. The lowest BCUT2D eigenvalue weighted by Gasteiger charge is -2.23. The molecule has 0 unspecified atom stereocenters. The molecular weight excluding hydrogens is 316 g/mol. The van der Waals surface area contributed by atoms with Crippen LogP contribution in [0.15, 0.2) is 17.5 Å². The minimum absolute atomic E-state index is 0.0665. The van der Waals surface area contributed by atoms with Gasteiger partial charge in [0.2, 0.25) is 5.91 Å². The Morgan fingerprint density at radius 3 is 2.35 bits per heavy atom. The standard InChI is InChI=1S/C16H18N2O4S/c1-7-8(2)23-6-11(7)14(19)17-18-15(20)12-9-3-4-10(5-9)13(12)16(21)22/h3-4,6,9-10,12-13H,5H2,1-2H3,(H,17,19)(H,18,20)(H,21,22)/t9-,10+,12+,13+/m1/s1. The Balaban J connectivity index is 1.66. The quantitative estimate of drug-likeness (QED) is 0.578. The van der Waals surface area contributed by atoms with Gasteiger partial charge in [-0.05, 0) is 37.7 Å². The van der Waals surface area contributed by atoms with Crippen LogP contribution in [-0.2, 0) is 9.59 Å². The van der Waals surface area contributed by atoms with E-state index in [1.54, 1.807) is 5.38 Å². The molecule has 3 N–H and O–H groups in total. The van der Waals surface area contributed by atoms with Crippen molar-refractivity contribution in [2.45, 2.75) is 20.3 Å². The van der Waals surface area contributed by atoms with Crippen LogP contribution >= 0.6 is 11.3 Å². The van der Waals surface area contributed by atoms with E-state index in [1.807, 2.05) is 26.0 Å². The molecule has 0 aromatic carbocycles. The van der Waals surface area contributed by atoms with Gasteiger partial charge < -0.3 is 5.11 Å². The van der Waals surface area contributed by atoms with Crippen molar-refractivity contribution >= 4 is 29.1 Å². The molecular formula is C16H18N2O4S. The highest BCUT2D eigenvalue weighted by Gasteiger charge is 2.51. The fraction of sp³-hybridized carbons (Fsp3) is 0.438. The second-order valence-corrected chi connectivity index (χ2v) is 7.20. The largest absolute Gasteiger partial charge is 0.481 e. The van der Waals surface area contributed by atoms with E-state index in [0.29, 0.717) is 12.0 Å². The predicted octanol–water partition coefficient (Wildman–Crippen LogP) is 1.65. The maximum absolute atomic E-state index is 12.4. The van der Waals surface area contributed by atoms with E-state index in [0.717, 1.165) is 10.4 Å². The van der Waals surface area contributed by atoms with Crippen LogP contribution in [0.2, 0.25) is 0 Å². The average molecular weight is 334 g/mol. The molecule has 0 aliphatic heterocycles. The molecule has 3 rings (SSSR count). The van der Waals surface area contributed by atoms with E-state index in [4.69, 9.17) is 0 Å². The molecule has 0 radical (unpaired) electrons. The van der Waals surface area contributed by atoms with Gasteiger partial charge in [-0.15, -0.1) is 11.3 Å². The Hall–Kier alpha value is -2.15. The lowest BCUT2D eigenvalue weighted by molar-refractivity contribution is -0.148.